The van der Waals surface area contributed by atoms with Gasteiger partial charge in [-0.3, -0.25) is 4.68 Å². The van der Waals surface area contributed by atoms with E-state index < -0.39 is 0 Å². The van der Waals surface area contributed by atoms with Gasteiger partial charge in [0.25, 0.3) is 0 Å². The summed E-state index contributed by atoms with van der Waals surface area (Å²) in [6.45, 7) is 7.28. The Morgan fingerprint density at radius 2 is 2.04 bits per heavy atom. The lowest BCUT2D eigenvalue weighted by Crippen LogP contribution is -2.07. The van der Waals surface area contributed by atoms with Crippen molar-refractivity contribution in [2.45, 2.75) is 46.4 Å². The molecule has 3 rings (SSSR count). The van der Waals surface area contributed by atoms with E-state index in [1.165, 1.54) is 0 Å². The van der Waals surface area contributed by atoms with Crippen LogP contribution in [0.2, 0.25) is 0 Å². The zero-order valence-electron chi connectivity index (χ0n) is 15.4. The fourth-order valence-corrected chi connectivity index (χ4v) is 2.86. The lowest BCUT2D eigenvalue weighted by Gasteiger charge is -2.13. The number of nitrogens with zero attached hydrogens (tertiary/aromatic N) is 3. The van der Waals surface area contributed by atoms with Crippen molar-refractivity contribution in [1.29, 1.82) is 5.26 Å². The average Bonchev–Trinajstić information content (AvgIpc) is 3.04. The Kier molecular flexibility index (Phi) is 5.43. The minimum atomic E-state index is 0.0291. The number of rotatable bonds is 7. The molecule has 0 bridgehead atoms. The van der Waals surface area contributed by atoms with Crippen LogP contribution < -0.4 is 9.47 Å². The van der Waals surface area contributed by atoms with Crippen LogP contribution in [-0.4, -0.2) is 15.9 Å². The lowest BCUT2D eigenvalue weighted by atomic mass is 10.1. The maximum absolute atomic E-state index is 9.35. The molecule has 0 spiro atoms. The SMILES string of the molecule is CCCn1ncc2c(OCc3ccc(OC(C)C)c(C#N)c3)cccc21. The Morgan fingerprint density at radius 1 is 1.19 bits per heavy atom. The van der Waals surface area contributed by atoms with Gasteiger partial charge in [0, 0.05) is 6.54 Å². The molecule has 2 aromatic carbocycles. The van der Waals surface area contributed by atoms with E-state index in [0.717, 1.165) is 35.2 Å². The van der Waals surface area contributed by atoms with Crippen molar-refractivity contribution >= 4 is 10.9 Å². The molecule has 134 valence electrons. The first-order valence-corrected chi connectivity index (χ1v) is 8.89. The number of hydrogen-bond donors (Lipinski definition) is 0. The van der Waals surface area contributed by atoms with E-state index >= 15 is 0 Å². The van der Waals surface area contributed by atoms with Crippen molar-refractivity contribution in [2.75, 3.05) is 0 Å². The Balaban J connectivity index is 1.79. The third kappa shape index (κ3) is 3.80. The zero-order valence-corrected chi connectivity index (χ0v) is 15.4. The Morgan fingerprint density at radius 3 is 2.77 bits per heavy atom. The first kappa shape index (κ1) is 17.8. The van der Waals surface area contributed by atoms with E-state index in [4.69, 9.17) is 9.47 Å². The van der Waals surface area contributed by atoms with E-state index in [0.29, 0.717) is 17.9 Å². The maximum Gasteiger partial charge on any atom is 0.137 e. The minimum Gasteiger partial charge on any atom is -0.490 e. The molecular weight excluding hydrogens is 326 g/mol. The molecule has 26 heavy (non-hydrogen) atoms. The summed E-state index contributed by atoms with van der Waals surface area (Å²) in [4.78, 5) is 0. The number of benzene rings is 2. The number of hydrogen-bond acceptors (Lipinski definition) is 4. The topological polar surface area (TPSA) is 60.1 Å². The molecule has 0 radical (unpaired) electrons. The van der Waals surface area contributed by atoms with Gasteiger partial charge in [-0.15, -0.1) is 0 Å². The first-order chi connectivity index (χ1) is 12.6. The molecule has 0 atom stereocenters. The normalized spacial score (nSPS) is 10.9. The van der Waals surface area contributed by atoms with Crippen LogP contribution in [0.25, 0.3) is 10.9 Å². The molecule has 5 nitrogen and oxygen atoms in total. The summed E-state index contributed by atoms with van der Waals surface area (Å²) in [5.41, 5.74) is 2.52. The van der Waals surface area contributed by atoms with Gasteiger partial charge in [-0.25, -0.2) is 0 Å². The van der Waals surface area contributed by atoms with Gasteiger partial charge < -0.3 is 9.47 Å². The smallest absolute Gasteiger partial charge is 0.137 e. The molecule has 1 aromatic heterocycles. The predicted molar refractivity (Wildman–Crippen MR) is 101 cm³/mol. The molecule has 5 heteroatoms. The quantitative estimate of drug-likeness (QED) is 0.621. The number of fused-ring (bicyclic) bond motifs is 1. The molecule has 0 aliphatic rings. The number of aromatic nitrogens is 2. The van der Waals surface area contributed by atoms with Gasteiger partial charge in [0.05, 0.1) is 28.8 Å². The second-order valence-electron chi connectivity index (χ2n) is 6.45. The Hall–Kier alpha value is -3.00. The first-order valence-electron chi connectivity index (χ1n) is 8.89. The van der Waals surface area contributed by atoms with E-state index in [2.05, 4.69) is 24.2 Å². The molecule has 0 unspecified atom stereocenters. The third-order valence-electron chi connectivity index (χ3n) is 4.00. The highest BCUT2D eigenvalue weighted by atomic mass is 16.5. The number of aryl methyl sites for hydroxylation is 1. The highest BCUT2D eigenvalue weighted by molar-refractivity contribution is 5.85. The third-order valence-corrected chi connectivity index (χ3v) is 4.00. The average molecular weight is 349 g/mol. The highest BCUT2D eigenvalue weighted by Gasteiger charge is 2.10. The molecule has 0 aliphatic carbocycles. The van der Waals surface area contributed by atoms with Crippen molar-refractivity contribution in [3.8, 4) is 17.6 Å². The molecule has 0 aliphatic heterocycles. The van der Waals surface area contributed by atoms with Gasteiger partial charge in [-0.1, -0.05) is 19.1 Å². The summed E-state index contributed by atoms with van der Waals surface area (Å²) in [6.07, 6.45) is 2.91. The van der Waals surface area contributed by atoms with Crippen LogP contribution in [0.15, 0.2) is 42.6 Å². The van der Waals surface area contributed by atoms with Crippen molar-refractivity contribution in [2.24, 2.45) is 0 Å². The van der Waals surface area contributed by atoms with Crippen molar-refractivity contribution < 1.29 is 9.47 Å². The summed E-state index contributed by atoms with van der Waals surface area (Å²) in [5.74, 6) is 1.40. The predicted octanol–water partition coefficient (Wildman–Crippen LogP) is 4.68. The molecule has 3 aromatic rings. The molecule has 1 heterocycles. The van der Waals surface area contributed by atoms with Crippen molar-refractivity contribution in [3.63, 3.8) is 0 Å². The highest BCUT2D eigenvalue weighted by Crippen LogP contribution is 2.27. The van der Waals surface area contributed by atoms with Crippen LogP contribution in [0.1, 0.15) is 38.3 Å². The van der Waals surface area contributed by atoms with Crippen LogP contribution in [0, 0.1) is 11.3 Å². The lowest BCUT2D eigenvalue weighted by molar-refractivity contribution is 0.241. The van der Waals surface area contributed by atoms with Crippen molar-refractivity contribution in [3.05, 3.63) is 53.7 Å². The second-order valence-corrected chi connectivity index (χ2v) is 6.45. The molecule has 0 saturated heterocycles. The second kappa shape index (κ2) is 7.92. The van der Waals surface area contributed by atoms with Gasteiger partial charge in [0.15, 0.2) is 0 Å². The summed E-state index contributed by atoms with van der Waals surface area (Å²) >= 11 is 0. The number of nitriles is 1. The number of ether oxygens (including phenoxy) is 2. The standard InChI is InChI=1S/C21H23N3O2/c1-4-10-24-19-6-5-7-21(18(19)13-23-24)25-14-16-8-9-20(26-15(2)3)17(11-16)12-22/h5-9,11,13,15H,4,10,14H2,1-3H3. The fourth-order valence-electron chi connectivity index (χ4n) is 2.86. The van der Waals surface area contributed by atoms with Gasteiger partial charge in [0.1, 0.15) is 24.2 Å². The van der Waals surface area contributed by atoms with Gasteiger partial charge in [0.2, 0.25) is 0 Å². The van der Waals surface area contributed by atoms with Crippen molar-refractivity contribution in [1.82, 2.24) is 9.78 Å². The Bertz CT molecular complexity index is 938. The summed E-state index contributed by atoms with van der Waals surface area (Å²) < 4.78 is 13.7. The summed E-state index contributed by atoms with van der Waals surface area (Å²) in [7, 11) is 0. The van der Waals surface area contributed by atoms with E-state index in [-0.39, 0.29) is 6.10 Å². The largest absolute Gasteiger partial charge is 0.490 e. The summed E-state index contributed by atoms with van der Waals surface area (Å²) in [6, 6.07) is 13.7. The van der Waals surface area contributed by atoms with Gasteiger partial charge in [-0.2, -0.15) is 10.4 Å². The van der Waals surface area contributed by atoms with E-state index in [9.17, 15) is 5.26 Å². The maximum atomic E-state index is 9.35. The molecular formula is C21H23N3O2. The monoisotopic (exact) mass is 349 g/mol. The van der Waals surface area contributed by atoms with Gasteiger partial charge in [-0.05, 0) is 50.1 Å². The molecule has 0 N–H and O–H groups in total. The molecule has 0 amide bonds. The zero-order chi connectivity index (χ0) is 18.5. The van der Waals surface area contributed by atoms with Crippen LogP contribution in [0.3, 0.4) is 0 Å². The van der Waals surface area contributed by atoms with Crippen LogP contribution in [-0.2, 0) is 13.2 Å². The van der Waals surface area contributed by atoms with E-state index in [1.807, 2.05) is 55.1 Å². The molecule has 0 saturated carbocycles. The minimum absolute atomic E-state index is 0.0291. The summed E-state index contributed by atoms with van der Waals surface area (Å²) in [5, 5.41) is 14.8. The fraction of sp³-hybridized carbons (Fsp3) is 0.333. The van der Waals surface area contributed by atoms with Crippen LogP contribution >= 0.6 is 0 Å². The Labute approximate surface area is 153 Å². The van der Waals surface area contributed by atoms with Gasteiger partial charge >= 0.3 is 0 Å². The van der Waals surface area contributed by atoms with Crippen LogP contribution in [0.5, 0.6) is 11.5 Å². The van der Waals surface area contributed by atoms with E-state index in [1.54, 1.807) is 0 Å². The van der Waals surface area contributed by atoms with Crippen LogP contribution in [0.4, 0.5) is 0 Å². The molecule has 0 fully saturated rings.